The van der Waals surface area contributed by atoms with Crippen LogP contribution in [0.2, 0.25) is 0 Å². The summed E-state index contributed by atoms with van der Waals surface area (Å²) in [6, 6.07) is 13.6. The molecule has 36 heavy (non-hydrogen) atoms. The van der Waals surface area contributed by atoms with Gasteiger partial charge in [-0.3, -0.25) is 19.2 Å². The average Bonchev–Trinajstić information content (AvgIpc) is 2.83. The molecule has 0 heterocycles. The summed E-state index contributed by atoms with van der Waals surface area (Å²) in [5.41, 5.74) is 4.56. The fraction of sp³-hybridized carbons (Fsp3) is 0.429. The molecule has 0 amide bonds. The molecule has 2 aromatic rings. The number of hydrogen-bond donors (Lipinski definition) is 1. The molecule has 0 aliphatic rings. The normalized spacial score (nSPS) is 12.4. The molecule has 2 rings (SSSR count). The van der Waals surface area contributed by atoms with Crippen molar-refractivity contribution in [3.05, 3.63) is 71.3 Å². The van der Waals surface area contributed by atoms with Crippen LogP contribution in [0.5, 0.6) is 0 Å². The summed E-state index contributed by atoms with van der Waals surface area (Å²) < 4.78 is 16.0. The van der Waals surface area contributed by atoms with Gasteiger partial charge in [-0.15, -0.1) is 0 Å². The third-order valence-electron chi connectivity index (χ3n) is 5.45. The first-order valence-electron chi connectivity index (χ1n) is 12.0. The number of rotatable bonds is 11. The maximum Gasteiger partial charge on any atom is 0.329 e. The van der Waals surface area contributed by atoms with Gasteiger partial charge in [0.15, 0.2) is 5.78 Å². The molecule has 2 aromatic carbocycles. The van der Waals surface area contributed by atoms with Crippen LogP contribution in [0.3, 0.4) is 0 Å². The van der Waals surface area contributed by atoms with Crippen LogP contribution in [0.25, 0.3) is 0 Å². The minimum atomic E-state index is -2.10. The summed E-state index contributed by atoms with van der Waals surface area (Å²) in [5.74, 6) is -2.64. The molecule has 0 bridgehead atoms. The number of carbonyl (C=O) groups is 4. The predicted molar refractivity (Wildman–Crippen MR) is 134 cm³/mol. The van der Waals surface area contributed by atoms with E-state index in [0.29, 0.717) is 5.56 Å². The second-order valence-electron chi connectivity index (χ2n) is 9.26. The first kappa shape index (κ1) is 28.7. The number of ketones is 1. The van der Waals surface area contributed by atoms with Crippen molar-refractivity contribution in [2.24, 2.45) is 5.73 Å². The van der Waals surface area contributed by atoms with Crippen LogP contribution in [-0.2, 0) is 34.0 Å². The second-order valence-corrected chi connectivity index (χ2v) is 9.26. The molecule has 0 aliphatic heterocycles. The van der Waals surface area contributed by atoms with Crippen molar-refractivity contribution in [3.63, 3.8) is 0 Å². The molecule has 1 atom stereocenters. The Morgan fingerprint density at radius 2 is 1.39 bits per heavy atom. The monoisotopic (exact) mass is 497 g/mol. The largest absolute Gasteiger partial charge is 0.465 e. The molecule has 1 unspecified atom stereocenters. The number of carbonyl (C=O) groups excluding carboxylic acids is 4. The van der Waals surface area contributed by atoms with Crippen LogP contribution in [0.4, 0.5) is 0 Å². The highest BCUT2D eigenvalue weighted by atomic mass is 16.6. The van der Waals surface area contributed by atoms with Crippen LogP contribution in [-0.4, -0.2) is 48.5 Å². The Morgan fingerprint density at radius 3 is 1.92 bits per heavy atom. The maximum absolute atomic E-state index is 13.4. The fourth-order valence-corrected chi connectivity index (χ4v) is 3.87. The van der Waals surface area contributed by atoms with Crippen LogP contribution in [0, 0.1) is 0 Å². The van der Waals surface area contributed by atoms with Crippen molar-refractivity contribution in [1.82, 2.24) is 0 Å². The Balaban J connectivity index is 2.58. The zero-order valence-corrected chi connectivity index (χ0v) is 21.5. The van der Waals surface area contributed by atoms with Gasteiger partial charge < -0.3 is 19.9 Å². The molecule has 0 saturated carbocycles. The highest BCUT2D eigenvalue weighted by Gasteiger charge is 2.55. The van der Waals surface area contributed by atoms with E-state index in [4.69, 9.17) is 19.9 Å². The van der Waals surface area contributed by atoms with Crippen LogP contribution in [0.1, 0.15) is 68.9 Å². The summed E-state index contributed by atoms with van der Waals surface area (Å²) >= 11 is 0. The molecular weight excluding hydrogens is 462 g/mol. The second kappa shape index (κ2) is 12.4. The minimum absolute atomic E-state index is 0.0125. The molecular formula is C28H35NO7. The van der Waals surface area contributed by atoms with E-state index in [1.807, 2.05) is 0 Å². The Bertz CT molecular complexity index is 1050. The molecule has 0 fully saturated rings. The highest BCUT2D eigenvalue weighted by Crippen LogP contribution is 2.34. The Hall–Kier alpha value is -3.52. The molecule has 0 saturated heterocycles. The predicted octanol–water partition coefficient (Wildman–Crippen LogP) is 3.73. The van der Waals surface area contributed by atoms with E-state index in [2.05, 4.69) is 0 Å². The maximum atomic E-state index is 13.4. The van der Waals surface area contributed by atoms with E-state index in [1.165, 1.54) is 12.1 Å². The molecule has 0 aliphatic carbocycles. The van der Waals surface area contributed by atoms with Gasteiger partial charge in [-0.2, -0.15) is 0 Å². The molecule has 194 valence electrons. The van der Waals surface area contributed by atoms with E-state index in [9.17, 15) is 19.2 Å². The van der Waals surface area contributed by atoms with Gasteiger partial charge in [0, 0.05) is 23.6 Å². The standard InChI is InChI=1S/C28H35NO7/c1-6-34-25(32)28(26(33)35-7-2,22(29)16-17-23(30)36-27(3,4)5)21-15-11-14-20(18-21)24(31)19-12-9-8-10-13-19/h8-15,18,22H,6-7,16-17,29H2,1-5H3. The first-order valence-corrected chi connectivity index (χ1v) is 12.0. The van der Waals surface area contributed by atoms with Crippen molar-refractivity contribution in [2.75, 3.05) is 13.2 Å². The lowest BCUT2D eigenvalue weighted by molar-refractivity contribution is -0.167. The Kier molecular flexibility index (Phi) is 9.93. The summed E-state index contributed by atoms with van der Waals surface area (Å²) in [4.78, 5) is 52.4. The molecule has 8 heteroatoms. The summed E-state index contributed by atoms with van der Waals surface area (Å²) in [7, 11) is 0. The van der Waals surface area contributed by atoms with Crippen molar-refractivity contribution in [3.8, 4) is 0 Å². The topological polar surface area (TPSA) is 122 Å². The van der Waals surface area contributed by atoms with Crippen LogP contribution in [0.15, 0.2) is 54.6 Å². The molecule has 2 N–H and O–H groups in total. The van der Waals surface area contributed by atoms with Crippen LogP contribution < -0.4 is 5.73 Å². The van der Waals surface area contributed by atoms with Gasteiger partial charge in [-0.25, -0.2) is 0 Å². The van der Waals surface area contributed by atoms with Gasteiger partial charge in [0.2, 0.25) is 5.41 Å². The summed E-state index contributed by atoms with van der Waals surface area (Å²) in [6.45, 7) is 8.40. The number of benzene rings is 2. The van der Waals surface area contributed by atoms with E-state index >= 15 is 0 Å². The average molecular weight is 498 g/mol. The molecule has 0 radical (unpaired) electrons. The zero-order valence-electron chi connectivity index (χ0n) is 21.5. The SMILES string of the molecule is CCOC(=O)C(C(=O)OCC)(c1cccc(C(=O)c2ccccc2)c1)C(N)CCC(=O)OC(C)(C)C. The lowest BCUT2D eigenvalue weighted by Crippen LogP contribution is -2.58. The Morgan fingerprint density at radius 1 is 0.833 bits per heavy atom. The quantitative estimate of drug-likeness (QED) is 0.216. The lowest BCUT2D eigenvalue weighted by atomic mass is 9.72. The molecule has 8 nitrogen and oxygen atoms in total. The van der Waals surface area contributed by atoms with E-state index < -0.39 is 35.0 Å². The minimum Gasteiger partial charge on any atom is -0.465 e. The van der Waals surface area contributed by atoms with Gasteiger partial charge in [0.25, 0.3) is 0 Å². The first-order chi connectivity index (χ1) is 17.0. The van der Waals surface area contributed by atoms with E-state index in [-0.39, 0.29) is 43.0 Å². The summed E-state index contributed by atoms with van der Waals surface area (Å²) in [6.07, 6.45) is -0.203. The van der Waals surface area contributed by atoms with Crippen molar-refractivity contribution < 1.29 is 33.4 Å². The van der Waals surface area contributed by atoms with Gasteiger partial charge in [0.05, 0.1) is 13.2 Å². The van der Waals surface area contributed by atoms with Gasteiger partial charge in [0.1, 0.15) is 5.60 Å². The molecule has 0 spiro atoms. The van der Waals surface area contributed by atoms with E-state index in [1.54, 1.807) is 77.1 Å². The van der Waals surface area contributed by atoms with E-state index in [0.717, 1.165) is 0 Å². The molecule has 0 aromatic heterocycles. The van der Waals surface area contributed by atoms with Crippen molar-refractivity contribution >= 4 is 23.7 Å². The van der Waals surface area contributed by atoms with Crippen LogP contribution >= 0.6 is 0 Å². The highest BCUT2D eigenvalue weighted by molar-refractivity contribution is 6.11. The third kappa shape index (κ3) is 6.79. The Labute approximate surface area is 212 Å². The van der Waals surface area contributed by atoms with Crippen molar-refractivity contribution in [1.29, 1.82) is 0 Å². The van der Waals surface area contributed by atoms with Crippen molar-refractivity contribution in [2.45, 2.75) is 64.5 Å². The summed E-state index contributed by atoms with van der Waals surface area (Å²) in [5, 5.41) is 0. The smallest absolute Gasteiger partial charge is 0.329 e. The number of esters is 3. The van der Waals surface area contributed by atoms with Gasteiger partial charge in [-0.05, 0) is 52.7 Å². The number of ether oxygens (including phenoxy) is 3. The number of hydrogen-bond acceptors (Lipinski definition) is 8. The zero-order chi connectivity index (χ0) is 26.9. The van der Waals surface area contributed by atoms with Gasteiger partial charge >= 0.3 is 17.9 Å². The van der Waals surface area contributed by atoms with Gasteiger partial charge in [-0.1, -0.05) is 48.5 Å². The lowest BCUT2D eigenvalue weighted by Gasteiger charge is -2.35. The number of nitrogens with two attached hydrogens (primary N) is 1. The fourth-order valence-electron chi connectivity index (χ4n) is 3.87. The third-order valence-corrected chi connectivity index (χ3v) is 5.45.